The van der Waals surface area contributed by atoms with Crippen molar-refractivity contribution in [3.63, 3.8) is 0 Å². The fraction of sp³-hybridized carbons (Fsp3) is 0.556. The molecule has 1 N–H and O–H groups in total. The van der Waals surface area contributed by atoms with Crippen molar-refractivity contribution >= 4 is 11.9 Å². The SMILES string of the molecule is C=CC(=O)OCC(C)(C)C(=O)NC. The molecule has 0 radical (unpaired) electrons. The summed E-state index contributed by atoms with van der Waals surface area (Å²) >= 11 is 0. The van der Waals surface area contributed by atoms with Crippen LogP contribution in [0.4, 0.5) is 0 Å². The number of carbonyl (C=O) groups is 2. The average Bonchev–Trinajstić information content (AvgIpc) is 2.12. The monoisotopic (exact) mass is 185 g/mol. The Hall–Kier alpha value is -1.32. The third-order valence-electron chi connectivity index (χ3n) is 1.58. The normalized spacial score (nSPS) is 10.4. The summed E-state index contributed by atoms with van der Waals surface area (Å²) < 4.78 is 4.76. The van der Waals surface area contributed by atoms with Crippen LogP contribution < -0.4 is 5.32 Å². The molecule has 0 fully saturated rings. The second-order valence-corrected chi connectivity index (χ2v) is 3.27. The van der Waals surface area contributed by atoms with Crippen LogP contribution in [0.15, 0.2) is 12.7 Å². The van der Waals surface area contributed by atoms with Gasteiger partial charge in [0.1, 0.15) is 6.61 Å². The van der Waals surface area contributed by atoms with Crippen molar-refractivity contribution in [2.24, 2.45) is 5.41 Å². The van der Waals surface area contributed by atoms with Crippen LogP contribution in [0.5, 0.6) is 0 Å². The molecule has 1 amide bonds. The number of rotatable bonds is 4. The zero-order chi connectivity index (χ0) is 10.5. The Labute approximate surface area is 78.0 Å². The average molecular weight is 185 g/mol. The minimum absolute atomic E-state index is 0.0531. The fourth-order valence-electron chi connectivity index (χ4n) is 0.714. The van der Waals surface area contributed by atoms with E-state index in [1.165, 1.54) is 0 Å². The smallest absolute Gasteiger partial charge is 0.330 e. The minimum atomic E-state index is -0.701. The maximum absolute atomic E-state index is 11.2. The first kappa shape index (κ1) is 11.7. The molecule has 4 heteroatoms. The van der Waals surface area contributed by atoms with Gasteiger partial charge in [0, 0.05) is 13.1 Å². The van der Waals surface area contributed by atoms with Crippen LogP contribution >= 0.6 is 0 Å². The highest BCUT2D eigenvalue weighted by molar-refractivity contribution is 5.83. The Kier molecular flexibility index (Phi) is 4.17. The molecule has 0 aromatic rings. The highest BCUT2D eigenvalue weighted by atomic mass is 16.5. The molecule has 13 heavy (non-hydrogen) atoms. The number of hydrogen-bond acceptors (Lipinski definition) is 3. The predicted octanol–water partition coefficient (Wildman–Crippen LogP) is 0.488. The van der Waals surface area contributed by atoms with Crippen molar-refractivity contribution in [2.45, 2.75) is 13.8 Å². The van der Waals surface area contributed by atoms with E-state index in [-0.39, 0.29) is 12.5 Å². The molecular weight excluding hydrogens is 170 g/mol. The van der Waals surface area contributed by atoms with Gasteiger partial charge in [0.25, 0.3) is 0 Å². The van der Waals surface area contributed by atoms with Crippen molar-refractivity contribution in [2.75, 3.05) is 13.7 Å². The number of nitrogens with one attached hydrogen (secondary N) is 1. The van der Waals surface area contributed by atoms with Gasteiger partial charge in [0.15, 0.2) is 0 Å². The van der Waals surface area contributed by atoms with Crippen LogP contribution in [0.2, 0.25) is 0 Å². The Morgan fingerprint density at radius 2 is 2.08 bits per heavy atom. The molecule has 4 nitrogen and oxygen atoms in total. The third kappa shape index (κ3) is 3.73. The van der Waals surface area contributed by atoms with Gasteiger partial charge in [-0.25, -0.2) is 4.79 Å². The predicted molar refractivity (Wildman–Crippen MR) is 49.0 cm³/mol. The van der Waals surface area contributed by atoms with Crippen LogP contribution in [0, 0.1) is 5.41 Å². The topological polar surface area (TPSA) is 55.4 Å². The lowest BCUT2D eigenvalue weighted by Crippen LogP contribution is -2.38. The highest BCUT2D eigenvalue weighted by Gasteiger charge is 2.27. The molecule has 0 aromatic carbocycles. The maximum atomic E-state index is 11.2. The summed E-state index contributed by atoms with van der Waals surface area (Å²) in [5.41, 5.74) is -0.701. The van der Waals surface area contributed by atoms with Gasteiger partial charge in [-0.2, -0.15) is 0 Å². The van der Waals surface area contributed by atoms with E-state index in [0.29, 0.717) is 0 Å². The molecule has 0 saturated heterocycles. The fourth-order valence-corrected chi connectivity index (χ4v) is 0.714. The molecule has 0 aliphatic carbocycles. The van der Waals surface area contributed by atoms with Gasteiger partial charge in [-0.15, -0.1) is 0 Å². The first-order valence-corrected chi connectivity index (χ1v) is 3.95. The lowest BCUT2D eigenvalue weighted by molar-refractivity contribution is -0.144. The van der Waals surface area contributed by atoms with E-state index in [9.17, 15) is 9.59 Å². The van der Waals surface area contributed by atoms with E-state index in [0.717, 1.165) is 6.08 Å². The van der Waals surface area contributed by atoms with E-state index >= 15 is 0 Å². The summed E-state index contributed by atoms with van der Waals surface area (Å²) in [7, 11) is 1.54. The standard InChI is InChI=1S/C9H15NO3/c1-5-7(11)13-6-9(2,3)8(12)10-4/h5H,1,6H2,2-4H3,(H,10,12). The zero-order valence-electron chi connectivity index (χ0n) is 8.22. The summed E-state index contributed by atoms with van der Waals surface area (Å²) in [6, 6.07) is 0. The first-order valence-electron chi connectivity index (χ1n) is 3.95. The number of carbonyl (C=O) groups excluding carboxylic acids is 2. The second kappa shape index (κ2) is 4.64. The van der Waals surface area contributed by atoms with E-state index in [1.807, 2.05) is 0 Å². The number of hydrogen-bond donors (Lipinski definition) is 1. The molecule has 0 aliphatic rings. The lowest BCUT2D eigenvalue weighted by atomic mass is 9.94. The Morgan fingerprint density at radius 3 is 2.46 bits per heavy atom. The van der Waals surface area contributed by atoms with Gasteiger partial charge in [-0.3, -0.25) is 4.79 Å². The van der Waals surface area contributed by atoms with Crippen molar-refractivity contribution in [1.29, 1.82) is 0 Å². The summed E-state index contributed by atoms with van der Waals surface area (Å²) in [5, 5.41) is 2.49. The summed E-state index contributed by atoms with van der Waals surface area (Å²) in [5.74, 6) is -0.679. The number of amides is 1. The third-order valence-corrected chi connectivity index (χ3v) is 1.58. The Balaban J connectivity index is 4.10. The number of ether oxygens (including phenoxy) is 1. The molecule has 0 unspecified atom stereocenters. The quantitative estimate of drug-likeness (QED) is 0.512. The lowest BCUT2D eigenvalue weighted by Gasteiger charge is -2.21. The number of esters is 1. The first-order chi connectivity index (χ1) is 5.94. The molecule has 0 heterocycles. The van der Waals surface area contributed by atoms with Gasteiger partial charge in [-0.1, -0.05) is 6.58 Å². The van der Waals surface area contributed by atoms with Crippen molar-refractivity contribution in [1.82, 2.24) is 5.32 Å². The molecule has 0 spiro atoms. The van der Waals surface area contributed by atoms with Crippen molar-refractivity contribution in [3.8, 4) is 0 Å². The molecule has 74 valence electrons. The van der Waals surface area contributed by atoms with Gasteiger partial charge in [0.05, 0.1) is 5.41 Å². The largest absolute Gasteiger partial charge is 0.461 e. The Bertz CT molecular complexity index is 221. The molecule has 0 rings (SSSR count). The molecule has 0 aliphatic heterocycles. The molecule has 0 saturated carbocycles. The van der Waals surface area contributed by atoms with Crippen LogP contribution in [0.3, 0.4) is 0 Å². The zero-order valence-corrected chi connectivity index (χ0v) is 8.22. The summed E-state index contributed by atoms with van der Waals surface area (Å²) in [4.78, 5) is 21.9. The molecular formula is C9H15NO3. The van der Waals surface area contributed by atoms with E-state index in [1.54, 1.807) is 20.9 Å². The van der Waals surface area contributed by atoms with Crippen molar-refractivity contribution in [3.05, 3.63) is 12.7 Å². The second-order valence-electron chi connectivity index (χ2n) is 3.27. The van der Waals surface area contributed by atoms with Crippen molar-refractivity contribution < 1.29 is 14.3 Å². The Morgan fingerprint density at radius 1 is 1.54 bits per heavy atom. The van der Waals surface area contributed by atoms with Gasteiger partial charge in [0.2, 0.25) is 5.91 Å². The summed E-state index contributed by atoms with van der Waals surface area (Å²) in [6.07, 6.45) is 1.07. The van der Waals surface area contributed by atoms with Gasteiger partial charge in [-0.05, 0) is 13.8 Å². The van der Waals surface area contributed by atoms with Gasteiger partial charge >= 0.3 is 5.97 Å². The van der Waals surface area contributed by atoms with E-state index in [4.69, 9.17) is 4.74 Å². The molecule has 0 aromatic heterocycles. The van der Waals surface area contributed by atoms with Gasteiger partial charge < -0.3 is 10.1 Å². The van der Waals surface area contributed by atoms with Crippen LogP contribution in [0.1, 0.15) is 13.8 Å². The molecule has 0 bridgehead atoms. The maximum Gasteiger partial charge on any atom is 0.330 e. The van der Waals surface area contributed by atoms with E-state index in [2.05, 4.69) is 11.9 Å². The minimum Gasteiger partial charge on any atom is -0.461 e. The molecule has 0 atom stereocenters. The van der Waals surface area contributed by atoms with E-state index < -0.39 is 11.4 Å². The van der Waals surface area contributed by atoms with Crippen LogP contribution in [-0.4, -0.2) is 25.5 Å². The van der Waals surface area contributed by atoms with Crippen LogP contribution in [0.25, 0.3) is 0 Å². The highest BCUT2D eigenvalue weighted by Crippen LogP contribution is 2.15. The van der Waals surface area contributed by atoms with Crippen LogP contribution in [-0.2, 0) is 14.3 Å². The summed E-state index contributed by atoms with van der Waals surface area (Å²) in [6.45, 7) is 6.70.